The first-order valence-electron chi connectivity index (χ1n) is 11.7. The van der Waals surface area contributed by atoms with Gasteiger partial charge in [0.2, 0.25) is 5.91 Å². The van der Waals surface area contributed by atoms with Crippen molar-refractivity contribution in [3.63, 3.8) is 0 Å². The molecule has 1 unspecified atom stereocenters. The fourth-order valence-corrected chi connectivity index (χ4v) is 8.92. The summed E-state index contributed by atoms with van der Waals surface area (Å²) in [5, 5.41) is 3.37. The Labute approximate surface area is 228 Å². The SMILES string of the molecule is CN(C)C(=O)CC1CN(S(=O)(=O)c2cc3ccc(Cl)cc3s2)CCN1C(=O)c1nc2c(s1)CN(N)CC2. The van der Waals surface area contributed by atoms with Crippen LogP contribution in [-0.2, 0) is 27.8 Å². The number of rotatable bonds is 5. The Hall–Kier alpha value is -2.13. The number of nitrogens with two attached hydrogens (primary N) is 1. The Morgan fingerprint density at radius 2 is 1.97 bits per heavy atom. The monoisotopic (exact) mass is 582 g/mol. The summed E-state index contributed by atoms with van der Waals surface area (Å²) < 4.78 is 29.6. The van der Waals surface area contributed by atoms with Crippen LogP contribution in [0.2, 0.25) is 5.02 Å². The van der Waals surface area contributed by atoms with Gasteiger partial charge in [-0.25, -0.2) is 18.4 Å². The van der Waals surface area contributed by atoms with E-state index in [1.165, 1.54) is 20.5 Å². The number of hydrogen-bond acceptors (Lipinski definition) is 9. The summed E-state index contributed by atoms with van der Waals surface area (Å²) >= 11 is 8.55. The Bertz CT molecular complexity index is 1470. The van der Waals surface area contributed by atoms with Gasteiger partial charge in [0.1, 0.15) is 4.21 Å². The van der Waals surface area contributed by atoms with E-state index in [1.54, 1.807) is 48.3 Å². The van der Waals surface area contributed by atoms with Gasteiger partial charge >= 0.3 is 0 Å². The smallest absolute Gasteiger partial charge is 0.283 e. The molecule has 1 aromatic carbocycles. The summed E-state index contributed by atoms with van der Waals surface area (Å²) in [6.45, 7) is 1.51. The van der Waals surface area contributed by atoms with Crippen LogP contribution in [0.3, 0.4) is 0 Å². The Morgan fingerprint density at radius 3 is 2.73 bits per heavy atom. The highest BCUT2D eigenvalue weighted by Crippen LogP contribution is 2.34. The van der Waals surface area contributed by atoms with Crippen molar-refractivity contribution in [2.24, 2.45) is 5.84 Å². The van der Waals surface area contributed by atoms with E-state index in [0.717, 1.165) is 32.0 Å². The van der Waals surface area contributed by atoms with Gasteiger partial charge in [-0.05, 0) is 23.6 Å². The van der Waals surface area contributed by atoms with Crippen LogP contribution in [-0.4, -0.2) is 90.6 Å². The van der Waals surface area contributed by atoms with Crippen molar-refractivity contribution in [3.8, 4) is 0 Å². The van der Waals surface area contributed by atoms with Crippen molar-refractivity contribution in [1.82, 2.24) is 24.1 Å². The van der Waals surface area contributed by atoms with Gasteiger partial charge in [-0.3, -0.25) is 15.4 Å². The Morgan fingerprint density at radius 1 is 1.19 bits per heavy atom. The summed E-state index contributed by atoms with van der Waals surface area (Å²) in [6, 6.07) is 6.28. The molecule has 2 aromatic heterocycles. The first-order chi connectivity index (χ1) is 17.5. The number of carbonyl (C=O) groups excluding carboxylic acids is 2. The fraction of sp³-hybridized carbons (Fsp3) is 0.435. The normalized spacial score (nSPS) is 19.2. The lowest BCUT2D eigenvalue weighted by Crippen LogP contribution is -2.57. The molecule has 3 aromatic rings. The maximum atomic E-state index is 13.6. The van der Waals surface area contributed by atoms with Gasteiger partial charge in [0.05, 0.1) is 11.7 Å². The molecule has 37 heavy (non-hydrogen) atoms. The van der Waals surface area contributed by atoms with E-state index in [0.29, 0.717) is 29.5 Å². The quantitative estimate of drug-likeness (QED) is 0.458. The maximum Gasteiger partial charge on any atom is 0.283 e. The van der Waals surface area contributed by atoms with Gasteiger partial charge < -0.3 is 9.80 Å². The molecule has 2 amide bonds. The summed E-state index contributed by atoms with van der Waals surface area (Å²) in [5.74, 6) is 5.46. The van der Waals surface area contributed by atoms with Crippen LogP contribution in [0, 0.1) is 0 Å². The second-order valence-electron chi connectivity index (χ2n) is 9.36. The average Bonchev–Trinajstić information content (AvgIpc) is 3.47. The topological polar surface area (TPSA) is 120 Å². The molecule has 0 aliphatic carbocycles. The molecule has 0 saturated carbocycles. The van der Waals surface area contributed by atoms with Crippen LogP contribution < -0.4 is 5.84 Å². The molecule has 2 N–H and O–H groups in total. The van der Waals surface area contributed by atoms with Gasteiger partial charge in [-0.1, -0.05) is 17.7 Å². The number of benzene rings is 1. The zero-order chi connectivity index (χ0) is 26.5. The van der Waals surface area contributed by atoms with E-state index in [9.17, 15) is 18.0 Å². The third kappa shape index (κ3) is 5.26. The van der Waals surface area contributed by atoms with Crippen molar-refractivity contribution in [2.75, 3.05) is 40.3 Å². The number of carbonyl (C=O) groups is 2. The zero-order valence-corrected chi connectivity index (χ0v) is 23.6. The number of hydrogen-bond donors (Lipinski definition) is 1. The predicted octanol–water partition coefficient (Wildman–Crippen LogP) is 2.24. The molecule has 14 heteroatoms. The summed E-state index contributed by atoms with van der Waals surface area (Å²) in [6.07, 6.45) is 0.680. The van der Waals surface area contributed by atoms with Gasteiger partial charge in [0.15, 0.2) is 5.01 Å². The molecule has 1 atom stereocenters. The second-order valence-corrected chi connectivity index (χ2v) is 14.1. The highest BCUT2D eigenvalue weighted by molar-refractivity contribution is 7.91. The van der Waals surface area contributed by atoms with Gasteiger partial charge in [0, 0.05) is 74.3 Å². The van der Waals surface area contributed by atoms with Crippen LogP contribution in [0.4, 0.5) is 0 Å². The van der Waals surface area contributed by atoms with Crippen molar-refractivity contribution in [1.29, 1.82) is 0 Å². The van der Waals surface area contributed by atoms with Crippen LogP contribution >= 0.6 is 34.3 Å². The fourth-order valence-electron chi connectivity index (χ4n) is 4.54. The zero-order valence-electron chi connectivity index (χ0n) is 20.4. The van der Waals surface area contributed by atoms with E-state index in [2.05, 4.69) is 4.98 Å². The largest absolute Gasteiger partial charge is 0.349 e. The number of piperazine rings is 1. The van der Waals surface area contributed by atoms with E-state index in [-0.39, 0.29) is 42.1 Å². The molecule has 1 saturated heterocycles. The van der Waals surface area contributed by atoms with Gasteiger partial charge in [-0.2, -0.15) is 4.31 Å². The Balaban J connectivity index is 1.41. The van der Waals surface area contributed by atoms with E-state index >= 15 is 0 Å². The summed E-state index contributed by atoms with van der Waals surface area (Å²) in [4.78, 5) is 34.8. The summed E-state index contributed by atoms with van der Waals surface area (Å²) in [7, 11) is -0.553. The second kappa shape index (κ2) is 10.2. The number of sulfonamides is 1. The third-order valence-electron chi connectivity index (χ3n) is 6.61. The van der Waals surface area contributed by atoms with Gasteiger partial charge in [0.25, 0.3) is 15.9 Å². The number of aromatic nitrogens is 1. The van der Waals surface area contributed by atoms with Gasteiger partial charge in [-0.15, -0.1) is 22.7 Å². The number of amides is 2. The molecule has 0 radical (unpaired) electrons. The van der Waals surface area contributed by atoms with Crippen molar-refractivity contribution in [3.05, 3.63) is 44.9 Å². The number of thiazole rings is 1. The molecule has 2 aliphatic rings. The standard InChI is InChI=1S/C23H27ClN6O4S3/c1-27(2)20(31)11-16-12-29(37(33,34)21-9-14-3-4-15(24)10-18(14)35-21)7-8-30(16)23(32)22-26-17-5-6-28(25)13-19(17)36-22/h3-4,9-10,16H,5-8,11-13,25H2,1-2H3. The molecule has 5 rings (SSSR count). The van der Waals surface area contributed by atoms with E-state index in [1.807, 2.05) is 0 Å². The van der Waals surface area contributed by atoms with Crippen molar-refractivity contribution in [2.45, 2.75) is 29.6 Å². The molecule has 0 spiro atoms. The third-order valence-corrected chi connectivity index (χ3v) is 11.3. The van der Waals surface area contributed by atoms with Crippen LogP contribution in [0.1, 0.15) is 26.8 Å². The predicted molar refractivity (Wildman–Crippen MR) is 144 cm³/mol. The molecular weight excluding hydrogens is 556 g/mol. The van der Waals surface area contributed by atoms with Crippen molar-refractivity contribution < 1.29 is 18.0 Å². The van der Waals surface area contributed by atoms with E-state index < -0.39 is 16.1 Å². The highest BCUT2D eigenvalue weighted by atomic mass is 35.5. The molecule has 10 nitrogen and oxygen atoms in total. The number of thiophene rings is 1. The van der Waals surface area contributed by atoms with Crippen LogP contribution in [0.25, 0.3) is 10.1 Å². The first kappa shape index (κ1) is 26.5. The number of fused-ring (bicyclic) bond motifs is 2. The Kier molecular flexibility index (Phi) is 7.31. The lowest BCUT2D eigenvalue weighted by Gasteiger charge is -2.40. The number of nitrogens with zero attached hydrogens (tertiary/aromatic N) is 5. The van der Waals surface area contributed by atoms with E-state index in [4.69, 9.17) is 17.4 Å². The minimum absolute atomic E-state index is 0.00838. The van der Waals surface area contributed by atoms with Crippen molar-refractivity contribution >= 4 is 66.2 Å². The maximum absolute atomic E-state index is 13.6. The lowest BCUT2D eigenvalue weighted by molar-refractivity contribution is -0.130. The lowest BCUT2D eigenvalue weighted by atomic mass is 10.1. The average molecular weight is 583 g/mol. The molecule has 2 aliphatic heterocycles. The van der Waals surface area contributed by atoms with Crippen LogP contribution in [0.15, 0.2) is 28.5 Å². The highest BCUT2D eigenvalue weighted by Gasteiger charge is 2.39. The first-order valence-corrected chi connectivity index (χ1v) is 15.2. The number of hydrazine groups is 1. The molecule has 0 bridgehead atoms. The molecule has 4 heterocycles. The number of halogens is 1. The molecule has 198 valence electrons. The minimum Gasteiger partial charge on any atom is -0.349 e. The molecular formula is C23H27ClN6O4S3. The van der Waals surface area contributed by atoms with Crippen LogP contribution in [0.5, 0.6) is 0 Å². The minimum atomic E-state index is -3.83. The molecule has 1 fully saturated rings. The summed E-state index contributed by atoms with van der Waals surface area (Å²) in [5.41, 5.74) is 0.877.